The number of hydrogen-bond donors (Lipinski definition) is 1. The van der Waals surface area contributed by atoms with E-state index in [2.05, 4.69) is 15.4 Å². The first kappa shape index (κ1) is 8.58. The number of aromatic nitrogens is 3. The summed E-state index contributed by atoms with van der Waals surface area (Å²) in [7, 11) is 0. The van der Waals surface area contributed by atoms with Crippen LogP contribution in [-0.2, 0) is 11.2 Å². The van der Waals surface area contributed by atoms with Gasteiger partial charge in [0.1, 0.15) is 11.5 Å². The number of nitrogens with zero attached hydrogens (tertiary/aromatic N) is 2. The fourth-order valence-corrected chi connectivity index (χ4v) is 0.894. The van der Waals surface area contributed by atoms with Crippen LogP contribution < -0.4 is 0 Å². The molecule has 12 heavy (non-hydrogen) atoms. The van der Waals surface area contributed by atoms with E-state index in [1.165, 1.54) is 13.8 Å². The molecule has 0 aliphatic rings. The molecule has 1 aromatic rings. The summed E-state index contributed by atoms with van der Waals surface area (Å²) < 4.78 is 0. The molecular formula is C7H11N3O2. The van der Waals surface area contributed by atoms with Crippen molar-refractivity contribution in [3.8, 4) is 0 Å². The summed E-state index contributed by atoms with van der Waals surface area (Å²) in [5.41, 5.74) is 0.681. The Morgan fingerprint density at radius 1 is 1.42 bits per heavy atom. The normalized spacial score (nSPS) is 9.83. The van der Waals surface area contributed by atoms with Crippen LogP contribution in [0, 0.1) is 0 Å². The van der Waals surface area contributed by atoms with Gasteiger partial charge in [-0.15, -0.1) is 0 Å². The van der Waals surface area contributed by atoms with Gasteiger partial charge in [0.2, 0.25) is 0 Å². The number of nitrogens with one attached hydrogen (secondary N) is 1. The van der Waals surface area contributed by atoms with E-state index in [4.69, 9.17) is 0 Å². The van der Waals surface area contributed by atoms with Gasteiger partial charge in [0.15, 0.2) is 11.5 Å². The molecule has 0 bridgehead atoms. The molecule has 1 aromatic heterocycles. The molecule has 0 amide bonds. The molecule has 1 rings (SSSR count). The smallest absolute Gasteiger partial charge is 0.181 e. The third kappa shape index (κ3) is 1.75. The summed E-state index contributed by atoms with van der Waals surface area (Å²) in [5.74, 6) is -0.216. The molecule has 0 saturated heterocycles. The summed E-state index contributed by atoms with van der Waals surface area (Å²) in [5, 5.41) is 9.64. The predicted molar refractivity (Wildman–Crippen MR) is 42.9 cm³/mol. The van der Waals surface area contributed by atoms with Gasteiger partial charge in [0.25, 0.3) is 0 Å². The molecule has 0 unspecified atom stereocenters. The van der Waals surface area contributed by atoms with Crippen molar-refractivity contribution in [1.82, 2.24) is 15.4 Å². The number of aromatic amines is 1. The van der Waals surface area contributed by atoms with Crippen molar-refractivity contribution < 1.29 is 11.0 Å². The Bertz CT molecular complexity index is 321. The summed E-state index contributed by atoms with van der Waals surface area (Å²) >= 11 is 0. The zero-order valence-electron chi connectivity index (χ0n) is 6.92. The van der Waals surface area contributed by atoms with E-state index in [0.29, 0.717) is 5.69 Å². The van der Waals surface area contributed by atoms with Crippen molar-refractivity contribution in [3.63, 3.8) is 0 Å². The van der Waals surface area contributed by atoms with Crippen molar-refractivity contribution >= 4 is 11.6 Å². The van der Waals surface area contributed by atoms with E-state index >= 15 is 0 Å². The maximum atomic E-state index is 10.9. The third-order valence-electron chi connectivity index (χ3n) is 1.37. The minimum absolute atomic E-state index is 0. The molecule has 0 spiro atoms. The highest BCUT2D eigenvalue weighted by Gasteiger charge is 2.12. The number of carbonyl (C=O) groups excluding carboxylic acids is 2. The molecule has 0 saturated carbocycles. The van der Waals surface area contributed by atoms with Gasteiger partial charge >= 0.3 is 0 Å². The summed E-state index contributed by atoms with van der Waals surface area (Å²) in [6, 6.07) is 0. The molecular weight excluding hydrogens is 158 g/mol. The lowest BCUT2D eigenvalue weighted by atomic mass is 10.1. The summed E-state index contributed by atoms with van der Waals surface area (Å²) in [6.45, 7) is 2.83. The lowest BCUT2D eigenvalue weighted by Gasteiger charge is -1.91. The SMILES string of the molecule is CC(=O)Cc1n[nH]nc1C(C)=O.[HH]. The number of rotatable bonds is 3. The fourth-order valence-electron chi connectivity index (χ4n) is 0.894. The maximum absolute atomic E-state index is 10.9. The average molecular weight is 169 g/mol. The Hall–Kier alpha value is -1.52. The quantitative estimate of drug-likeness (QED) is 0.664. The number of carbonyl (C=O) groups is 2. The number of H-pyrrole nitrogens is 1. The van der Waals surface area contributed by atoms with Gasteiger partial charge in [-0.2, -0.15) is 15.4 Å². The van der Waals surface area contributed by atoms with Gasteiger partial charge in [-0.25, -0.2) is 0 Å². The van der Waals surface area contributed by atoms with Crippen LogP contribution in [0.4, 0.5) is 0 Å². The highest BCUT2D eigenvalue weighted by atomic mass is 16.1. The van der Waals surface area contributed by atoms with Crippen LogP contribution in [0.25, 0.3) is 0 Å². The van der Waals surface area contributed by atoms with Crippen molar-refractivity contribution in [3.05, 3.63) is 11.4 Å². The molecule has 0 aliphatic heterocycles. The largest absolute Gasteiger partial charge is 0.300 e. The van der Waals surface area contributed by atoms with Crippen LogP contribution in [0.15, 0.2) is 0 Å². The maximum Gasteiger partial charge on any atom is 0.181 e. The Labute approximate surface area is 70.6 Å². The standard InChI is InChI=1S/C7H9N3O2.H2/c1-4(11)3-6-7(5(2)12)9-10-8-6;/h3H2,1-2H3,(H,8,9,10);1H. The monoisotopic (exact) mass is 169 g/mol. The zero-order chi connectivity index (χ0) is 9.14. The van der Waals surface area contributed by atoms with E-state index < -0.39 is 0 Å². The van der Waals surface area contributed by atoms with Crippen molar-refractivity contribution in [2.24, 2.45) is 0 Å². The molecule has 0 aliphatic carbocycles. The Morgan fingerprint density at radius 3 is 2.58 bits per heavy atom. The first-order chi connectivity index (χ1) is 5.61. The van der Waals surface area contributed by atoms with Crippen LogP contribution in [0.5, 0.6) is 0 Å². The molecule has 1 heterocycles. The minimum atomic E-state index is -0.181. The minimum Gasteiger partial charge on any atom is -0.300 e. The van der Waals surface area contributed by atoms with E-state index in [9.17, 15) is 9.59 Å². The van der Waals surface area contributed by atoms with E-state index in [-0.39, 0.29) is 25.1 Å². The topological polar surface area (TPSA) is 75.7 Å². The zero-order valence-corrected chi connectivity index (χ0v) is 6.92. The van der Waals surface area contributed by atoms with Gasteiger partial charge in [0.05, 0.1) is 6.42 Å². The summed E-state index contributed by atoms with van der Waals surface area (Å²) in [4.78, 5) is 21.6. The summed E-state index contributed by atoms with van der Waals surface area (Å²) in [6.07, 6.45) is 0.158. The Balaban J connectivity index is 0.00000144. The molecule has 66 valence electrons. The van der Waals surface area contributed by atoms with Gasteiger partial charge < -0.3 is 0 Å². The van der Waals surface area contributed by atoms with Gasteiger partial charge in [-0.05, 0) is 6.92 Å². The second kappa shape index (κ2) is 3.25. The number of ketones is 2. The van der Waals surface area contributed by atoms with E-state index in [1.807, 2.05) is 0 Å². The lowest BCUT2D eigenvalue weighted by molar-refractivity contribution is -0.116. The van der Waals surface area contributed by atoms with Crippen LogP contribution >= 0.6 is 0 Å². The molecule has 5 nitrogen and oxygen atoms in total. The highest BCUT2D eigenvalue weighted by molar-refractivity contribution is 5.94. The van der Waals surface area contributed by atoms with Gasteiger partial charge in [0, 0.05) is 8.35 Å². The van der Waals surface area contributed by atoms with Gasteiger partial charge in [-0.1, -0.05) is 0 Å². The van der Waals surface area contributed by atoms with E-state index in [1.54, 1.807) is 0 Å². The Kier molecular flexibility index (Phi) is 2.32. The predicted octanol–water partition coefficient (Wildman–Crippen LogP) is 0.385. The molecule has 5 heteroatoms. The first-order valence-electron chi connectivity index (χ1n) is 3.51. The third-order valence-corrected chi connectivity index (χ3v) is 1.37. The molecule has 0 fully saturated rings. The van der Waals surface area contributed by atoms with Crippen molar-refractivity contribution in [1.29, 1.82) is 0 Å². The second-order valence-electron chi connectivity index (χ2n) is 2.55. The van der Waals surface area contributed by atoms with Crippen molar-refractivity contribution in [2.45, 2.75) is 20.3 Å². The number of hydrogen-bond acceptors (Lipinski definition) is 4. The first-order valence-corrected chi connectivity index (χ1v) is 3.51. The van der Waals surface area contributed by atoms with Crippen LogP contribution in [0.1, 0.15) is 31.5 Å². The lowest BCUT2D eigenvalue weighted by Crippen LogP contribution is -2.03. The number of Topliss-reactive ketones (excluding diaryl/α,β-unsaturated/α-hetero) is 2. The molecule has 0 radical (unpaired) electrons. The van der Waals surface area contributed by atoms with Crippen LogP contribution in [-0.4, -0.2) is 27.0 Å². The second-order valence-corrected chi connectivity index (χ2v) is 2.55. The fraction of sp³-hybridized carbons (Fsp3) is 0.429. The van der Waals surface area contributed by atoms with E-state index in [0.717, 1.165) is 0 Å². The molecule has 0 atom stereocenters. The molecule has 1 N–H and O–H groups in total. The average Bonchev–Trinajstić information content (AvgIpc) is 2.33. The van der Waals surface area contributed by atoms with Gasteiger partial charge in [-0.3, -0.25) is 9.59 Å². The van der Waals surface area contributed by atoms with Crippen LogP contribution in [0.3, 0.4) is 0 Å². The van der Waals surface area contributed by atoms with Crippen LogP contribution in [0.2, 0.25) is 0 Å². The molecule has 0 aromatic carbocycles. The highest BCUT2D eigenvalue weighted by Crippen LogP contribution is 2.02. The Morgan fingerprint density at radius 2 is 2.08 bits per heavy atom. The van der Waals surface area contributed by atoms with Crippen molar-refractivity contribution in [2.75, 3.05) is 0 Å².